The number of hydrogen-bond acceptors (Lipinski definition) is 4. The maximum atomic E-state index is 5.69. The third-order valence-electron chi connectivity index (χ3n) is 2.93. The Morgan fingerprint density at radius 1 is 1.25 bits per heavy atom. The largest absolute Gasteiger partial charge is 0.486 e. The summed E-state index contributed by atoms with van der Waals surface area (Å²) in [6.07, 6.45) is 3.73. The molecule has 0 saturated heterocycles. The fraction of sp³-hybridized carbons (Fsp3) is 0.467. The average molecular weight is 274 g/mol. The third kappa shape index (κ3) is 4.06. The Kier molecular flexibility index (Phi) is 5.12. The first-order chi connectivity index (χ1) is 9.69. The maximum absolute atomic E-state index is 5.69. The van der Waals surface area contributed by atoms with Gasteiger partial charge in [-0.3, -0.25) is 9.67 Å². The molecule has 0 radical (unpaired) electrons. The lowest BCUT2D eigenvalue weighted by atomic mass is 10.3. The molecule has 5 nitrogen and oxygen atoms in total. The van der Waals surface area contributed by atoms with E-state index in [0.717, 1.165) is 30.2 Å². The monoisotopic (exact) mass is 274 g/mol. The van der Waals surface area contributed by atoms with Gasteiger partial charge in [0.1, 0.15) is 12.4 Å². The molecule has 0 saturated carbocycles. The van der Waals surface area contributed by atoms with E-state index < -0.39 is 0 Å². The van der Waals surface area contributed by atoms with Crippen LogP contribution in [0, 0.1) is 0 Å². The SMILES string of the molecule is CCNCc1ccc(OCc2ccn(C(C)C)n2)cn1. The van der Waals surface area contributed by atoms with E-state index in [9.17, 15) is 0 Å². The van der Waals surface area contributed by atoms with Gasteiger partial charge >= 0.3 is 0 Å². The first kappa shape index (κ1) is 14.5. The van der Waals surface area contributed by atoms with Crippen LogP contribution in [0.5, 0.6) is 5.75 Å². The highest BCUT2D eigenvalue weighted by molar-refractivity contribution is 5.20. The maximum Gasteiger partial charge on any atom is 0.138 e. The van der Waals surface area contributed by atoms with Crippen molar-refractivity contribution in [3.63, 3.8) is 0 Å². The minimum atomic E-state index is 0.371. The highest BCUT2D eigenvalue weighted by Gasteiger charge is 2.03. The standard InChI is InChI=1S/C15H22N4O/c1-4-16-9-13-5-6-15(10-17-13)20-11-14-7-8-19(18-14)12(2)3/h5-8,10,12,16H,4,9,11H2,1-3H3. The van der Waals surface area contributed by atoms with Gasteiger partial charge in [-0.2, -0.15) is 5.10 Å². The van der Waals surface area contributed by atoms with E-state index in [1.165, 1.54) is 0 Å². The molecule has 0 fully saturated rings. The normalized spacial score (nSPS) is 11.0. The van der Waals surface area contributed by atoms with Gasteiger partial charge in [-0.05, 0) is 38.6 Å². The van der Waals surface area contributed by atoms with Gasteiger partial charge in [0.2, 0.25) is 0 Å². The summed E-state index contributed by atoms with van der Waals surface area (Å²) in [7, 11) is 0. The van der Waals surface area contributed by atoms with Crippen LogP contribution in [0.4, 0.5) is 0 Å². The molecule has 2 aromatic rings. The molecule has 2 heterocycles. The summed E-state index contributed by atoms with van der Waals surface area (Å²) in [5.74, 6) is 0.768. The highest BCUT2D eigenvalue weighted by Crippen LogP contribution is 2.12. The first-order valence-electron chi connectivity index (χ1n) is 7.01. The van der Waals surface area contributed by atoms with Gasteiger partial charge in [-0.1, -0.05) is 6.92 Å². The molecule has 0 spiro atoms. The Morgan fingerprint density at radius 2 is 2.10 bits per heavy atom. The highest BCUT2D eigenvalue weighted by atomic mass is 16.5. The average Bonchev–Trinajstić information content (AvgIpc) is 2.93. The van der Waals surface area contributed by atoms with Crippen LogP contribution in [0.15, 0.2) is 30.6 Å². The van der Waals surface area contributed by atoms with E-state index >= 15 is 0 Å². The zero-order valence-corrected chi connectivity index (χ0v) is 12.3. The quantitative estimate of drug-likeness (QED) is 0.843. The van der Waals surface area contributed by atoms with Gasteiger partial charge in [0.05, 0.1) is 17.6 Å². The number of ether oxygens (including phenoxy) is 1. The number of rotatable bonds is 7. The van der Waals surface area contributed by atoms with E-state index in [2.05, 4.69) is 36.2 Å². The molecule has 0 bridgehead atoms. The molecule has 0 atom stereocenters. The van der Waals surface area contributed by atoms with Crippen LogP contribution in [-0.2, 0) is 13.2 Å². The number of pyridine rings is 1. The van der Waals surface area contributed by atoms with Crippen molar-refractivity contribution < 1.29 is 4.74 Å². The fourth-order valence-corrected chi connectivity index (χ4v) is 1.75. The lowest BCUT2D eigenvalue weighted by Gasteiger charge is -2.06. The summed E-state index contributed by atoms with van der Waals surface area (Å²) >= 11 is 0. The van der Waals surface area contributed by atoms with Crippen molar-refractivity contribution in [2.24, 2.45) is 0 Å². The van der Waals surface area contributed by atoms with Crippen molar-refractivity contribution in [2.75, 3.05) is 6.54 Å². The number of nitrogens with zero attached hydrogens (tertiary/aromatic N) is 3. The van der Waals surface area contributed by atoms with Gasteiger partial charge in [0, 0.05) is 18.8 Å². The van der Waals surface area contributed by atoms with Crippen LogP contribution >= 0.6 is 0 Å². The second-order valence-corrected chi connectivity index (χ2v) is 4.94. The predicted octanol–water partition coefficient (Wildman–Crippen LogP) is 2.55. The molecule has 20 heavy (non-hydrogen) atoms. The van der Waals surface area contributed by atoms with Crippen molar-refractivity contribution in [2.45, 2.75) is 40.0 Å². The van der Waals surface area contributed by atoms with Gasteiger partial charge in [0.25, 0.3) is 0 Å². The molecule has 0 aliphatic rings. The minimum Gasteiger partial charge on any atom is -0.486 e. The van der Waals surface area contributed by atoms with Crippen LogP contribution in [0.1, 0.15) is 38.2 Å². The molecule has 0 aliphatic carbocycles. The molecule has 0 aliphatic heterocycles. The summed E-state index contributed by atoms with van der Waals surface area (Å²) in [6, 6.07) is 6.27. The topological polar surface area (TPSA) is 52.0 Å². The molecule has 2 aromatic heterocycles. The number of aromatic nitrogens is 3. The van der Waals surface area contributed by atoms with Crippen LogP contribution in [0.3, 0.4) is 0 Å². The molecular formula is C15H22N4O. The Bertz CT molecular complexity index is 519. The molecule has 0 amide bonds. The molecule has 0 aromatic carbocycles. The second-order valence-electron chi connectivity index (χ2n) is 4.94. The lowest BCUT2D eigenvalue weighted by Crippen LogP contribution is -2.12. The lowest BCUT2D eigenvalue weighted by molar-refractivity contribution is 0.297. The van der Waals surface area contributed by atoms with Gasteiger partial charge in [-0.25, -0.2) is 0 Å². The van der Waals surface area contributed by atoms with Gasteiger partial charge in [-0.15, -0.1) is 0 Å². The molecule has 108 valence electrons. The van der Waals surface area contributed by atoms with Crippen LogP contribution < -0.4 is 10.1 Å². The van der Waals surface area contributed by atoms with Crippen molar-refractivity contribution in [3.05, 3.63) is 42.0 Å². The van der Waals surface area contributed by atoms with E-state index in [0.29, 0.717) is 12.6 Å². The fourth-order valence-electron chi connectivity index (χ4n) is 1.75. The van der Waals surface area contributed by atoms with E-state index in [1.807, 2.05) is 29.1 Å². The summed E-state index contributed by atoms with van der Waals surface area (Å²) in [4.78, 5) is 4.35. The van der Waals surface area contributed by atoms with Crippen molar-refractivity contribution in [1.29, 1.82) is 0 Å². The minimum absolute atomic E-state index is 0.371. The van der Waals surface area contributed by atoms with Gasteiger partial charge < -0.3 is 10.1 Å². The Balaban J connectivity index is 1.86. The number of hydrogen-bond donors (Lipinski definition) is 1. The third-order valence-corrected chi connectivity index (χ3v) is 2.93. The summed E-state index contributed by atoms with van der Waals surface area (Å²) in [5, 5.41) is 7.68. The van der Waals surface area contributed by atoms with Crippen molar-refractivity contribution >= 4 is 0 Å². The van der Waals surface area contributed by atoms with Crippen LogP contribution in [-0.4, -0.2) is 21.3 Å². The van der Waals surface area contributed by atoms with E-state index in [-0.39, 0.29) is 0 Å². The first-order valence-corrected chi connectivity index (χ1v) is 7.01. The predicted molar refractivity (Wildman–Crippen MR) is 78.6 cm³/mol. The summed E-state index contributed by atoms with van der Waals surface area (Å²) < 4.78 is 7.61. The molecule has 1 N–H and O–H groups in total. The molecule has 5 heteroatoms. The Hall–Kier alpha value is -1.88. The van der Waals surface area contributed by atoms with E-state index in [1.54, 1.807) is 6.20 Å². The Morgan fingerprint density at radius 3 is 2.70 bits per heavy atom. The van der Waals surface area contributed by atoms with Crippen molar-refractivity contribution in [1.82, 2.24) is 20.1 Å². The molecular weight excluding hydrogens is 252 g/mol. The Labute approximate surface area is 120 Å². The van der Waals surface area contributed by atoms with Crippen LogP contribution in [0.25, 0.3) is 0 Å². The van der Waals surface area contributed by atoms with Crippen LogP contribution in [0.2, 0.25) is 0 Å². The van der Waals surface area contributed by atoms with Crippen molar-refractivity contribution in [3.8, 4) is 5.75 Å². The number of nitrogens with one attached hydrogen (secondary N) is 1. The van der Waals surface area contributed by atoms with Gasteiger partial charge in [0.15, 0.2) is 0 Å². The smallest absolute Gasteiger partial charge is 0.138 e. The zero-order chi connectivity index (χ0) is 14.4. The summed E-state index contributed by atoms with van der Waals surface area (Å²) in [5.41, 5.74) is 1.94. The summed E-state index contributed by atoms with van der Waals surface area (Å²) in [6.45, 7) is 8.48. The molecule has 2 rings (SSSR count). The zero-order valence-electron chi connectivity index (χ0n) is 12.3. The molecule has 0 unspecified atom stereocenters. The van der Waals surface area contributed by atoms with E-state index in [4.69, 9.17) is 4.74 Å². The second kappa shape index (κ2) is 7.05.